The van der Waals surface area contributed by atoms with Gasteiger partial charge in [0.15, 0.2) is 0 Å². The van der Waals surface area contributed by atoms with E-state index in [1.807, 2.05) is 18.2 Å². The minimum absolute atomic E-state index is 0.0555. The Bertz CT molecular complexity index is 1130. The van der Waals surface area contributed by atoms with E-state index in [0.717, 1.165) is 23.2 Å². The summed E-state index contributed by atoms with van der Waals surface area (Å²) in [5.74, 6) is -1.43. The normalized spacial score (nSPS) is 15.3. The first kappa shape index (κ1) is 19.8. The molecule has 1 heterocycles. The zero-order valence-electron chi connectivity index (χ0n) is 15.9. The van der Waals surface area contributed by atoms with Gasteiger partial charge in [-0.3, -0.25) is 4.79 Å². The molecule has 1 amide bonds. The van der Waals surface area contributed by atoms with E-state index in [1.165, 1.54) is 6.07 Å². The lowest BCUT2D eigenvalue weighted by atomic mass is 9.83. The number of amides is 1. The number of nitrogens with zero attached hydrogens (tertiary/aromatic N) is 2. The number of nitrogens with two attached hydrogens (primary N) is 1. The molecule has 0 aliphatic heterocycles. The summed E-state index contributed by atoms with van der Waals surface area (Å²) in [6, 6.07) is 12.3. The van der Waals surface area contributed by atoms with Gasteiger partial charge in [0, 0.05) is 22.8 Å². The van der Waals surface area contributed by atoms with Crippen molar-refractivity contribution in [3.05, 3.63) is 75.9 Å². The largest absolute Gasteiger partial charge is 0.478 e. The van der Waals surface area contributed by atoms with Gasteiger partial charge in [-0.15, -0.1) is 0 Å². The van der Waals surface area contributed by atoms with Gasteiger partial charge >= 0.3 is 5.97 Å². The number of rotatable bonds is 5. The minimum atomic E-state index is -1.17. The molecule has 0 saturated carbocycles. The van der Waals surface area contributed by atoms with Gasteiger partial charge in [-0.05, 0) is 54.7 Å². The van der Waals surface area contributed by atoms with Gasteiger partial charge in [-0.1, -0.05) is 29.8 Å². The molecule has 0 bridgehead atoms. The molecule has 1 aliphatic rings. The zero-order valence-corrected chi connectivity index (χ0v) is 16.7. The van der Waals surface area contributed by atoms with Crippen molar-refractivity contribution in [3.63, 3.8) is 0 Å². The van der Waals surface area contributed by atoms with Crippen molar-refractivity contribution in [2.75, 3.05) is 5.32 Å². The molecule has 1 unspecified atom stereocenters. The molecule has 0 fully saturated rings. The third-order valence-corrected chi connectivity index (χ3v) is 5.48. The summed E-state index contributed by atoms with van der Waals surface area (Å²) in [7, 11) is 0. The number of anilines is 1. The Labute approximate surface area is 177 Å². The smallest absolute Gasteiger partial charge is 0.336 e. The van der Waals surface area contributed by atoms with E-state index >= 15 is 0 Å². The van der Waals surface area contributed by atoms with Crippen LogP contribution in [-0.2, 0) is 12.8 Å². The third-order valence-electron chi connectivity index (χ3n) is 5.23. The van der Waals surface area contributed by atoms with Crippen LogP contribution in [0.2, 0.25) is 5.02 Å². The van der Waals surface area contributed by atoms with Crippen LogP contribution in [-0.4, -0.2) is 33.0 Å². The van der Waals surface area contributed by atoms with Crippen LogP contribution in [0.3, 0.4) is 0 Å². The molecule has 0 radical (unpaired) electrons. The van der Waals surface area contributed by atoms with E-state index in [2.05, 4.69) is 15.3 Å². The molecule has 2 aromatic carbocycles. The number of nitrogens with one attached hydrogen (secondary N) is 1. The van der Waals surface area contributed by atoms with E-state index < -0.39 is 11.9 Å². The average molecular weight is 423 g/mol. The van der Waals surface area contributed by atoms with Gasteiger partial charge in [-0.2, -0.15) is 0 Å². The van der Waals surface area contributed by atoms with Gasteiger partial charge in [0.1, 0.15) is 0 Å². The quantitative estimate of drug-likeness (QED) is 0.578. The van der Waals surface area contributed by atoms with Crippen LogP contribution < -0.4 is 11.1 Å². The number of primary amides is 1. The number of hydrogen-bond acceptors (Lipinski definition) is 5. The monoisotopic (exact) mass is 422 g/mol. The highest BCUT2D eigenvalue weighted by molar-refractivity contribution is 6.30. The SMILES string of the molecule is NC(=O)c1c(C(=O)O)ccc2c1CC(Nc1nccc(-c3ccc(Cl)cc3)n1)CC2. The predicted octanol–water partition coefficient (Wildman–Crippen LogP) is 3.56. The number of aromatic nitrogens is 2. The van der Waals surface area contributed by atoms with E-state index in [4.69, 9.17) is 17.3 Å². The fourth-order valence-corrected chi connectivity index (χ4v) is 3.94. The first-order valence-corrected chi connectivity index (χ1v) is 9.83. The summed E-state index contributed by atoms with van der Waals surface area (Å²) in [4.78, 5) is 32.4. The van der Waals surface area contributed by atoms with Gasteiger partial charge in [0.05, 0.1) is 16.8 Å². The molecule has 4 rings (SSSR count). The Morgan fingerprint density at radius 3 is 2.60 bits per heavy atom. The van der Waals surface area contributed by atoms with E-state index in [9.17, 15) is 14.7 Å². The van der Waals surface area contributed by atoms with E-state index in [1.54, 1.807) is 24.4 Å². The number of fused-ring (bicyclic) bond motifs is 1. The Balaban J connectivity index is 1.59. The highest BCUT2D eigenvalue weighted by atomic mass is 35.5. The highest BCUT2D eigenvalue weighted by Gasteiger charge is 2.27. The van der Waals surface area contributed by atoms with Crippen molar-refractivity contribution in [3.8, 4) is 11.3 Å². The molecular weight excluding hydrogens is 404 g/mol. The fourth-order valence-electron chi connectivity index (χ4n) is 3.81. The lowest BCUT2D eigenvalue weighted by Gasteiger charge is -2.27. The average Bonchev–Trinajstić information content (AvgIpc) is 2.73. The van der Waals surface area contributed by atoms with Crippen molar-refractivity contribution in [1.82, 2.24) is 9.97 Å². The second kappa shape index (κ2) is 8.12. The molecule has 7 nitrogen and oxygen atoms in total. The van der Waals surface area contributed by atoms with Crippen molar-refractivity contribution in [2.45, 2.75) is 25.3 Å². The summed E-state index contributed by atoms with van der Waals surface area (Å²) in [5.41, 5.74) is 8.83. The maximum Gasteiger partial charge on any atom is 0.336 e. The van der Waals surface area contributed by atoms with E-state index in [-0.39, 0.29) is 17.2 Å². The maximum absolute atomic E-state index is 12.0. The summed E-state index contributed by atoms with van der Waals surface area (Å²) in [5, 5.41) is 13.4. The number of carboxylic acids is 1. The Morgan fingerprint density at radius 2 is 1.90 bits per heavy atom. The molecule has 0 saturated heterocycles. The standard InChI is InChI=1S/C22H19ClN4O3/c23-14-5-1-13(2-6-14)18-9-10-25-22(27-18)26-15-7-3-12-4-8-16(21(29)30)19(20(24)28)17(12)11-15/h1-2,4-6,8-10,15H,3,7,11H2,(H2,24,28)(H,29,30)(H,25,26,27). The van der Waals surface area contributed by atoms with Gasteiger partial charge in [0.25, 0.3) is 0 Å². The summed E-state index contributed by atoms with van der Waals surface area (Å²) in [6.07, 6.45) is 3.63. The number of halogens is 1. The number of aromatic carboxylic acids is 1. The van der Waals surface area contributed by atoms with Crippen molar-refractivity contribution in [1.29, 1.82) is 0 Å². The summed E-state index contributed by atoms with van der Waals surface area (Å²) >= 11 is 5.95. The molecule has 1 aliphatic carbocycles. The van der Waals surface area contributed by atoms with Gasteiger partial charge < -0.3 is 16.2 Å². The van der Waals surface area contributed by atoms with Gasteiger partial charge in [0.2, 0.25) is 11.9 Å². The fraction of sp³-hybridized carbons (Fsp3) is 0.182. The Hall–Kier alpha value is -3.45. The first-order chi connectivity index (χ1) is 14.4. The number of benzene rings is 2. The third kappa shape index (κ3) is 3.97. The molecule has 4 N–H and O–H groups in total. The molecule has 1 aromatic heterocycles. The van der Waals surface area contributed by atoms with Crippen LogP contribution >= 0.6 is 11.6 Å². The van der Waals surface area contributed by atoms with Crippen molar-refractivity contribution >= 4 is 29.4 Å². The number of carbonyl (C=O) groups is 2. The number of hydrogen-bond donors (Lipinski definition) is 3. The van der Waals surface area contributed by atoms with Crippen LogP contribution in [0.4, 0.5) is 5.95 Å². The Kier molecular flexibility index (Phi) is 5.37. The maximum atomic E-state index is 12.0. The summed E-state index contributed by atoms with van der Waals surface area (Å²) < 4.78 is 0. The molecule has 0 spiro atoms. The van der Waals surface area contributed by atoms with Crippen LogP contribution in [0.5, 0.6) is 0 Å². The second-order valence-electron chi connectivity index (χ2n) is 7.15. The topological polar surface area (TPSA) is 118 Å². The van der Waals surface area contributed by atoms with Gasteiger partial charge in [-0.25, -0.2) is 14.8 Å². The van der Waals surface area contributed by atoms with Crippen LogP contribution in [0.25, 0.3) is 11.3 Å². The van der Waals surface area contributed by atoms with Crippen molar-refractivity contribution in [2.24, 2.45) is 5.73 Å². The van der Waals surface area contributed by atoms with E-state index in [0.29, 0.717) is 29.4 Å². The molecule has 152 valence electrons. The Morgan fingerprint density at radius 1 is 1.13 bits per heavy atom. The molecule has 8 heteroatoms. The molecule has 3 aromatic rings. The number of carboxylic acid groups (broad SMARTS) is 1. The zero-order chi connectivity index (χ0) is 21.3. The molecule has 1 atom stereocenters. The second-order valence-corrected chi connectivity index (χ2v) is 7.59. The highest BCUT2D eigenvalue weighted by Crippen LogP contribution is 2.29. The van der Waals surface area contributed by atoms with Crippen LogP contribution in [0, 0.1) is 0 Å². The predicted molar refractivity (Wildman–Crippen MR) is 114 cm³/mol. The van der Waals surface area contributed by atoms with Crippen LogP contribution in [0.15, 0.2) is 48.7 Å². The lowest BCUT2D eigenvalue weighted by molar-refractivity contribution is 0.0691. The van der Waals surface area contributed by atoms with Crippen LogP contribution in [0.1, 0.15) is 38.3 Å². The van der Waals surface area contributed by atoms with Crippen molar-refractivity contribution < 1.29 is 14.7 Å². The minimum Gasteiger partial charge on any atom is -0.478 e. The molecule has 30 heavy (non-hydrogen) atoms. The first-order valence-electron chi connectivity index (χ1n) is 9.45. The molecular formula is C22H19ClN4O3. The summed E-state index contributed by atoms with van der Waals surface area (Å²) in [6.45, 7) is 0. The lowest BCUT2D eigenvalue weighted by Crippen LogP contribution is -2.31. The number of carbonyl (C=O) groups excluding carboxylic acids is 1. The number of aryl methyl sites for hydroxylation is 1.